The molecule has 0 fully saturated rings. The van der Waals surface area contributed by atoms with Gasteiger partial charge in [-0.25, -0.2) is 0 Å². The molecular weight excluding hydrogens is 540 g/mol. The average Bonchev–Trinajstić information content (AvgIpc) is 2.63. The highest BCUT2D eigenvalue weighted by Crippen LogP contribution is 2.93. The number of hydrogen-bond donors (Lipinski definition) is 0. The summed E-state index contributed by atoms with van der Waals surface area (Å²) in [5.41, 5.74) is 7.17. The van der Waals surface area contributed by atoms with E-state index < -0.39 is 24.7 Å². The Morgan fingerprint density at radius 2 is 0.970 bits per heavy atom. The van der Waals surface area contributed by atoms with Crippen LogP contribution >= 0.6 is 47.5 Å². The molecule has 7 heteroatoms. The predicted octanol–water partition coefficient (Wildman–Crippen LogP) is 10.5. The van der Waals surface area contributed by atoms with Crippen molar-refractivity contribution in [3.05, 3.63) is 70.8 Å². The number of hydrogen-bond acceptors (Lipinski definition) is 0. The van der Waals surface area contributed by atoms with Crippen LogP contribution in [0.4, 0.5) is 0 Å². The van der Waals surface area contributed by atoms with E-state index in [1.165, 1.54) is 0 Å². The van der Waals surface area contributed by atoms with E-state index in [2.05, 4.69) is 110 Å². The van der Waals surface area contributed by atoms with Crippen molar-refractivity contribution >= 4 is 64.9 Å². The highest BCUT2D eigenvalue weighted by molar-refractivity contribution is 7.82. The molecule has 182 valence electrons. The van der Waals surface area contributed by atoms with Crippen molar-refractivity contribution < 1.29 is 0 Å². The molecule has 1 atom stereocenters. The minimum atomic E-state index is -2.94. The lowest BCUT2D eigenvalue weighted by atomic mass is 9.78. The fourth-order valence-electron chi connectivity index (χ4n) is 7.32. The van der Waals surface area contributed by atoms with Crippen LogP contribution in [-0.2, 0) is 0 Å². The Balaban J connectivity index is 0.000000555. The van der Waals surface area contributed by atoms with Crippen molar-refractivity contribution in [1.29, 1.82) is 0 Å². The molecule has 2 aliphatic heterocycles. The molecule has 2 aromatic rings. The van der Waals surface area contributed by atoms with Crippen molar-refractivity contribution in [3.63, 3.8) is 0 Å². The molecule has 3 aliphatic rings. The summed E-state index contributed by atoms with van der Waals surface area (Å²) in [4.78, 5) is 0. The number of benzene rings is 2. The molecule has 0 amide bonds. The first-order chi connectivity index (χ1) is 14.8. The monoisotopic (exact) mass is 576 g/mol. The minimum absolute atomic E-state index is 0.320. The zero-order valence-electron chi connectivity index (χ0n) is 21.4. The summed E-state index contributed by atoms with van der Waals surface area (Å²) < 4.78 is 0. The Morgan fingerprint density at radius 1 is 0.667 bits per heavy atom. The molecule has 0 saturated carbocycles. The SMILES string of the molecule is CC(C)(C)[P+]1(C(C)(C)C)C2c3ccccc3C(c3ccccc32)[C@@H]1[Si](C)(C)C.[Cl][Al-]([Cl])([Cl])[Cl]. The van der Waals surface area contributed by atoms with Gasteiger partial charge in [-0.15, -0.1) is 0 Å². The van der Waals surface area contributed by atoms with Crippen molar-refractivity contribution in [3.8, 4) is 0 Å². The van der Waals surface area contributed by atoms with Gasteiger partial charge in [0.1, 0.15) is 5.66 Å². The normalized spacial score (nSPS) is 23.8. The zero-order chi connectivity index (χ0) is 25.2. The van der Waals surface area contributed by atoms with E-state index in [0.29, 0.717) is 21.9 Å². The van der Waals surface area contributed by atoms with E-state index in [1.807, 2.05) is 0 Å². The minimum Gasteiger partial charge on any atom is -0.391 e. The summed E-state index contributed by atoms with van der Waals surface area (Å²) in [6.45, 7) is 23.4. The van der Waals surface area contributed by atoms with E-state index in [4.69, 9.17) is 40.2 Å². The lowest BCUT2D eigenvalue weighted by molar-refractivity contribution is 0.612. The summed E-state index contributed by atoms with van der Waals surface area (Å²) >= 11 is 0. The fraction of sp³-hybridized carbons (Fsp3) is 0.538. The maximum absolute atomic E-state index is 4.99. The highest BCUT2D eigenvalue weighted by atomic mass is 35.9. The summed E-state index contributed by atoms with van der Waals surface area (Å²) in [6.07, 6.45) is 0. The van der Waals surface area contributed by atoms with E-state index in [-0.39, 0.29) is 0 Å². The first-order valence-electron chi connectivity index (χ1n) is 11.8. The van der Waals surface area contributed by atoms with Gasteiger partial charge in [0.2, 0.25) is 0 Å². The van der Waals surface area contributed by atoms with Crippen LogP contribution < -0.4 is 0 Å². The Hall–Kier alpha value is 0.779. The molecule has 0 nitrogen and oxygen atoms in total. The molecule has 5 rings (SSSR count). The van der Waals surface area contributed by atoms with Crippen LogP contribution in [0.5, 0.6) is 0 Å². The Kier molecular flexibility index (Phi) is 7.96. The standard InChI is InChI=1S/C26H38PSi.Al.4ClH/c1-25(2,3)27(26(4,5)6)23-20-16-12-10-14-18(20)22(24(27)28(7,8)9)19-15-11-13-17-21(19)23;;;;;/h10-17,22-24H,1-9H3;;4*1H/q+1;+3;;;;/p-4/t22?,23?,24-;;;;;/m0...../s1. The Bertz CT molecular complexity index is 947. The molecule has 0 saturated heterocycles. The highest BCUT2D eigenvalue weighted by Gasteiger charge is 2.75. The summed E-state index contributed by atoms with van der Waals surface area (Å²) in [7, 11) is 14.1. The van der Waals surface area contributed by atoms with Crippen LogP contribution in [0.1, 0.15) is 75.4 Å². The van der Waals surface area contributed by atoms with E-state index in [1.54, 1.807) is 22.3 Å². The van der Waals surface area contributed by atoms with Crippen LogP contribution in [-0.4, -0.2) is 33.1 Å². The maximum atomic E-state index is 4.99. The quantitative estimate of drug-likeness (QED) is 0.233. The van der Waals surface area contributed by atoms with Gasteiger partial charge in [-0.05, 0) is 52.7 Å². The van der Waals surface area contributed by atoms with E-state index in [9.17, 15) is 0 Å². The summed E-state index contributed by atoms with van der Waals surface area (Å²) in [5, 5.41) is 1.47. The number of halogens is 4. The molecule has 0 aromatic heterocycles. The topological polar surface area (TPSA) is 0 Å². The van der Waals surface area contributed by atoms with Gasteiger partial charge in [-0.3, -0.25) is 0 Å². The second-order valence-electron chi connectivity index (χ2n) is 12.6. The first-order valence-corrected chi connectivity index (χ1v) is 24.3. The molecule has 0 unspecified atom stereocenters. The largest absolute Gasteiger partial charge is 0.564 e. The van der Waals surface area contributed by atoms with Gasteiger partial charge in [0.05, 0.1) is 23.7 Å². The molecule has 0 N–H and O–H groups in total. The summed E-state index contributed by atoms with van der Waals surface area (Å²) in [6, 6.07) is 19.0. The van der Waals surface area contributed by atoms with Crippen molar-refractivity contribution in [2.24, 2.45) is 0 Å². The van der Waals surface area contributed by atoms with Gasteiger partial charge in [0.15, 0.2) is 0 Å². The molecule has 2 aromatic carbocycles. The van der Waals surface area contributed by atoms with Crippen molar-refractivity contribution in [2.45, 2.75) is 88.4 Å². The molecule has 0 spiro atoms. The van der Waals surface area contributed by atoms with Crippen LogP contribution in [0.15, 0.2) is 48.5 Å². The zero-order valence-corrected chi connectivity index (χ0v) is 27.5. The third-order valence-electron chi connectivity index (χ3n) is 7.52. The Morgan fingerprint density at radius 3 is 1.24 bits per heavy atom. The third-order valence-corrected chi connectivity index (χ3v) is 20.2. The Labute approximate surface area is 222 Å². The van der Waals surface area contributed by atoms with Crippen LogP contribution in [0.3, 0.4) is 0 Å². The first kappa shape index (κ1) is 28.4. The molecule has 1 aliphatic carbocycles. The number of fused-ring (bicyclic) bond motifs is 1. The second kappa shape index (κ2) is 9.26. The van der Waals surface area contributed by atoms with Gasteiger partial charge < -0.3 is 40.2 Å². The van der Waals surface area contributed by atoms with Gasteiger partial charge >= 0.3 is 9.39 Å². The summed E-state index contributed by atoms with van der Waals surface area (Å²) in [5.74, 6) is 0.579. The van der Waals surface area contributed by atoms with Gasteiger partial charge in [-0.2, -0.15) is 0 Å². The van der Waals surface area contributed by atoms with Gasteiger partial charge in [0.25, 0.3) is 0 Å². The van der Waals surface area contributed by atoms with Crippen LogP contribution in [0, 0.1) is 0 Å². The smallest absolute Gasteiger partial charge is 0.391 e. The van der Waals surface area contributed by atoms with Gasteiger partial charge in [-0.1, -0.05) is 68.2 Å². The maximum Gasteiger partial charge on any atom is 0.564 e. The lowest BCUT2D eigenvalue weighted by Gasteiger charge is -2.65. The third kappa shape index (κ3) is 5.00. The molecule has 2 heterocycles. The fourth-order valence-corrected chi connectivity index (χ4v) is 24.0. The van der Waals surface area contributed by atoms with Crippen molar-refractivity contribution in [1.82, 2.24) is 0 Å². The van der Waals surface area contributed by atoms with E-state index in [0.717, 1.165) is 5.28 Å². The molecular formula is C26H38AlCl4PSi. The molecule has 33 heavy (non-hydrogen) atoms. The molecule has 0 radical (unpaired) electrons. The van der Waals surface area contributed by atoms with Crippen molar-refractivity contribution in [2.75, 3.05) is 0 Å². The second-order valence-corrected chi connectivity index (χ2v) is 36.6. The van der Waals surface area contributed by atoms with Gasteiger partial charge in [0, 0.05) is 24.3 Å². The van der Waals surface area contributed by atoms with Crippen LogP contribution in [0.2, 0.25) is 19.6 Å². The lowest BCUT2D eigenvalue weighted by Crippen LogP contribution is -2.58. The van der Waals surface area contributed by atoms with E-state index >= 15 is 0 Å². The number of rotatable bonds is 1. The molecule has 2 bridgehead atoms. The average molecular weight is 578 g/mol. The van der Waals surface area contributed by atoms with Crippen LogP contribution in [0.25, 0.3) is 0 Å². The predicted molar refractivity (Wildman–Crippen MR) is 159 cm³/mol.